The number of amides is 1. The Morgan fingerprint density at radius 2 is 2.04 bits per heavy atom. The number of hydrogen-bond acceptors (Lipinski definition) is 5. The predicted molar refractivity (Wildman–Crippen MR) is 94.9 cm³/mol. The molecule has 1 aromatic heterocycles. The van der Waals surface area contributed by atoms with Gasteiger partial charge in [-0.2, -0.15) is 0 Å². The van der Waals surface area contributed by atoms with E-state index in [2.05, 4.69) is 15.6 Å². The lowest BCUT2D eigenvalue weighted by Gasteiger charge is -2.24. The lowest BCUT2D eigenvalue weighted by atomic mass is 10.1. The van der Waals surface area contributed by atoms with Crippen molar-refractivity contribution in [1.29, 1.82) is 0 Å². The molecule has 2 aromatic carbocycles. The molecule has 1 aliphatic heterocycles. The SMILES string of the molecule is COc1ccc([C@H]2Cn3nnc(C(=O)Nc4ccccc4F)c3CO2)cc1. The first-order valence-corrected chi connectivity index (χ1v) is 8.39. The molecular weight excluding hydrogens is 351 g/mol. The fourth-order valence-electron chi connectivity index (χ4n) is 2.95. The Hall–Kier alpha value is -3.26. The highest BCUT2D eigenvalue weighted by Crippen LogP contribution is 2.28. The van der Waals surface area contributed by atoms with Crippen molar-refractivity contribution < 1.29 is 18.7 Å². The average molecular weight is 368 g/mol. The number of anilines is 1. The molecule has 1 amide bonds. The Morgan fingerprint density at radius 3 is 2.78 bits per heavy atom. The molecule has 0 unspecified atom stereocenters. The third-order valence-corrected chi connectivity index (χ3v) is 4.42. The van der Waals surface area contributed by atoms with Crippen LogP contribution in [0, 0.1) is 5.82 Å². The van der Waals surface area contributed by atoms with Gasteiger partial charge in [0.15, 0.2) is 5.69 Å². The number of nitrogens with zero attached hydrogens (tertiary/aromatic N) is 3. The number of halogens is 1. The number of carbonyl (C=O) groups is 1. The molecule has 0 saturated carbocycles. The third kappa shape index (κ3) is 3.39. The number of rotatable bonds is 4. The fraction of sp³-hybridized carbons (Fsp3) is 0.211. The Labute approximate surface area is 154 Å². The van der Waals surface area contributed by atoms with Gasteiger partial charge in [0.2, 0.25) is 0 Å². The molecule has 4 rings (SSSR count). The Kier molecular flexibility index (Phi) is 4.55. The number of hydrogen-bond donors (Lipinski definition) is 1. The summed E-state index contributed by atoms with van der Waals surface area (Å²) < 4.78 is 26.4. The van der Waals surface area contributed by atoms with Crippen LogP contribution in [0.3, 0.4) is 0 Å². The number of para-hydroxylation sites is 1. The molecule has 0 bridgehead atoms. The van der Waals surface area contributed by atoms with Crippen molar-refractivity contribution in [3.8, 4) is 5.75 Å². The van der Waals surface area contributed by atoms with Gasteiger partial charge < -0.3 is 14.8 Å². The largest absolute Gasteiger partial charge is 0.497 e. The minimum Gasteiger partial charge on any atom is -0.497 e. The van der Waals surface area contributed by atoms with Crippen LogP contribution in [-0.4, -0.2) is 28.0 Å². The zero-order valence-corrected chi connectivity index (χ0v) is 14.6. The van der Waals surface area contributed by atoms with Crippen molar-refractivity contribution >= 4 is 11.6 Å². The van der Waals surface area contributed by atoms with Crippen molar-refractivity contribution in [1.82, 2.24) is 15.0 Å². The third-order valence-electron chi connectivity index (χ3n) is 4.42. The molecule has 0 saturated heterocycles. The van der Waals surface area contributed by atoms with Gasteiger partial charge in [-0.3, -0.25) is 4.79 Å². The molecule has 8 heteroatoms. The second-order valence-corrected chi connectivity index (χ2v) is 6.07. The van der Waals surface area contributed by atoms with Crippen molar-refractivity contribution in [3.05, 3.63) is 71.3 Å². The number of carbonyl (C=O) groups excluding carboxylic acids is 1. The number of ether oxygens (including phenoxy) is 2. The van der Waals surface area contributed by atoms with Crippen LogP contribution in [0.5, 0.6) is 5.75 Å². The number of benzene rings is 2. The Balaban J connectivity index is 1.51. The number of methoxy groups -OCH3 is 1. The van der Waals surface area contributed by atoms with Crippen molar-refractivity contribution in [2.75, 3.05) is 12.4 Å². The van der Waals surface area contributed by atoms with Gasteiger partial charge in [-0.15, -0.1) is 5.10 Å². The molecule has 1 N–H and O–H groups in total. The second-order valence-electron chi connectivity index (χ2n) is 6.07. The van der Waals surface area contributed by atoms with E-state index in [-0.39, 0.29) is 24.1 Å². The van der Waals surface area contributed by atoms with E-state index in [9.17, 15) is 9.18 Å². The quantitative estimate of drug-likeness (QED) is 0.766. The standard InChI is InChI=1S/C19H17FN4O3/c1-26-13-8-6-12(7-9-13)17-10-24-16(11-27-17)18(22-23-24)19(25)21-15-5-3-2-4-14(15)20/h2-9,17H,10-11H2,1H3,(H,21,25)/t17-/m1/s1. The molecule has 2 heterocycles. The molecule has 0 fully saturated rings. The first-order chi connectivity index (χ1) is 13.2. The van der Waals surface area contributed by atoms with E-state index in [1.807, 2.05) is 24.3 Å². The van der Waals surface area contributed by atoms with Gasteiger partial charge in [0.25, 0.3) is 5.91 Å². The molecule has 1 aliphatic rings. The molecular formula is C19H17FN4O3. The number of fused-ring (bicyclic) bond motifs is 1. The monoisotopic (exact) mass is 368 g/mol. The Bertz CT molecular complexity index is 971. The summed E-state index contributed by atoms with van der Waals surface area (Å²) in [6.07, 6.45) is -0.201. The van der Waals surface area contributed by atoms with Gasteiger partial charge in [-0.1, -0.05) is 29.5 Å². The first kappa shape index (κ1) is 17.2. The summed E-state index contributed by atoms with van der Waals surface area (Å²) in [6.45, 7) is 0.616. The van der Waals surface area contributed by atoms with E-state index in [4.69, 9.17) is 9.47 Å². The van der Waals surface area contributed by atoms with Crippen LogP contribution < -0.4 is 10.1 Å². The molecule has 0 aliphatic carbocycles. The fourth-order valence-corrected chi connectivity index (χ4v) is 2.95. The van der Waals surface area contributed by atoms with E-state index in [0.29, 0.717) is 12.2 Å². The molecule has 7 nitrogen and oxygen atoms in total. The normalized spacial score (nSPS) is 15.9. The highest BCUT2D eigenvalue weighted by atomic mass is 19.1. The van der Waals surface area contributed by atoms with Crippen molar-refractivity contribution in [2.45, 2.75) is 19.3 Å². The van der Waals surface area contributed by atoms with Crippen LogP contribution in [0.1, 0.15) is 27.8 Å². The minimum atomic E-state index is -0.521. The highest BCUT2D eigenvalue weighted by molar-refractivity contribution is 6.03. The summed E-state index contributed by atoms with van der Waals surface area (Å²) in [7, 11) is 1.61. The van der Waals surface area contributed by atoms with Gasteiger partial charge in [0, 0.05) is 0 Å². The zero-order valence-electron chi connectivity index (χ0n) is 14.6. The van der Waals surface area contributed by atoms with Crippen LogP contribution in [0.25, 0.3) is 0 Å². The van der Waals surface area contributed by atoms with Crippen molar-refractivity contribution in [3.63, 3.8) is 0 Å². The molecule has 0 spiro atoms. The van der Waals surface area contributed by atoms with Crippen LogP contribution in [0.4, 0.5) is 10.1 Å². The van der Waals surface area contributed by atoms with Crippen LogP contribution in [0.2, 0.25) is 0 Å². The summed E-state index contributed by atoms with van der Waals surface area (Å²) >= 11 is 0. The summed E-state index contributed by atoms with van der Waals surface area (Å²) in [5, 5.41) is 10.5. The molecule has 138 valence electrons. The maximum atomic E-state index is 13.7. The van der Waals surface area contributed by atoms with E-state index in [1.54, 1.807) is 23.9 Å². The summed E-state index contributed by atoms with van der Waals surface area (Å²) in [6, 6.07) is 13.5. The number of nitrogens with one attached hydrogen (secondary N) is 1. The average Bonchev–Trinajstić information content (AvgIpc) is 3.13. The van der Waals surface area contributed by atoms with Crippen LogP contribution >= 0.6 is 0 Å². The smallest absolute Gasteiger partial charge is 0.278 e. The molecule has 3 aromatic rings. The predicted octanol–water partition coefficient (Wildman–Crippen LogP) is 2.95. The maximum absolute atomic E-state index is 13.7. The van der Waals surface area contributed by atoms with Gasteiger partial charge in [0.1, 0.15) is 17.7 Å². The van der Waals surface area contributed by atoms with Crippen molar-refractivity contribution in [2.24, 2.45) is 0 Å². The van der Waals surface area contributed by atoms with Gasteiger partial charge >= 0.3 is 0 Å². The number of aromatic nitrogens is 3. The van der Waals surface area contributed by atoms with E-state index < -0.39 is 11.7 Å². The summed E-state index contributed by atoms with van der Waals surface area (Å²) in [5.41, 5.74) is 1.77. The Morgan fingerprint density at radius 1 is 1.26 bits per heavy atom. The topological polar surface area (TPSA) is 78.3 Å². The lowest BCUT2D eigenvalue weighted by molar-refractivity contribution is -0.00173. The van der Waals surface area contributed by atoms with Crippen LogP contribution in [-0.2, 0) is 17.9 Å². The lowest BCUT2D eigenvalue weighted by Crippen LogP contribution is -2.24. The zero-order chi connectivity index (χ0) is 18.8. The second kappa shape index (κ2) is 7.16. The molecule has 0 radical (unpaired) electrons. The first-order valence-electron chi connectivity index (χ1n) is 8.39. The van der Waals surface area contributed by atoms with Gasteiger partial charge in [-0.05, 0) is 29.8 Å². The van der Waals surface area contributed by atoms with Gasteiger partial charge in [0.05, 0.1) is 31.6 Å². The maximum Gasteiger partial charge on any atom is 0.278 e. The van der Waals surface area contributed by atoms with Gasteiger partial charge in [-0.25, -0.2) is 9.07 Å². The van der Waals surface area contributed by atoms with E-state index in [0.717, 1.165) is 11.3 Å². The molecule has 1 atom stereocenters. The van der Waals surface area contributed by atoms with Crippen LogP contribution in [0.15, 0.2) is 48.5 Å². The highest BCUT2D eigenvalue weighted by Gasteiger charge is 2.28. The van der Waals surface area contributed by atoms with E-state index >= 15 is 0 Å². The minimum absolute atomic E-state index is 0.0945. The van der Waals surface area contributed by atoms with E-state index in [1.165, 1.54) is 12.1 Å². The summed E-state index contributed by atoms with van der Waals surface area (Å²) in [5.74, 6) is -0.265. The summed E-state index contributed by atoms with van der Waals surface area (Å²) in [4.78, 5) is 12.5. The molecule has 27 heavy (non-hydrogen) atoms.